The van der Waals surface area contributed by atoms with Gasteiger partial charge < -0.3 is 15.2 Å². The van der Waals surface area contributed by atoms with Crippen LogP contribution >= 0.6 is 0 Å². The van der Waals surface area contributed by atoms with Crippen molar-refractivity contribution in [3.63, 3.8) is 0 Å². The average Bonchev–Trinajstić information content (AvgIpc) is 2.65. The largest absolute Gasteiger partial charge is 0.387 e. The summed E-state index contributed by atoms with van der Waals surface area (Å²) in [5, 5.41) is 11.9. The zero-order chi connectivity index (χ0) is 19.5. The second-order valence-electron chi connectivity index (χ2n) is 7.06. The quantitative estimate of drug-likeness (QED) is 0.765. The number of nitrogens with one attached hydrogen (secondary N) is 1. The summed E-state index contributed by atoms with van der Waals surface area (Å²) in [6.07, 6.45) is 2.35. The fraction of sp³-hybridized carbons (Fsp3) is 0.611. The molecule has 2 heterocycles. The third-order valence-electron chi connectivity index (χ3n) is 5.27. The van der Waals surface area contributed by atoms with Gasteiger partial charge in [-0.2, -0.15) is 4.31 Å². The van der Waals surface area contributed by atoms with Crippen molar-refractivity contribution in [2.75, 3.05) is 32.1 Å². The molecule has 0 aliphatic carbocycles. The van der Waals surface area contributed by atoms with Crippen LogP contribution in [0.15, 0.2) is 18.2 Å². The summed E-state index contributed by atoms with van der Waals surface area (Å²) in [6.45, 7) is 0.600. The summed E-state index contributed by atoms with van der Waals surface area (Å²) in [5.74, 6) is -0.929. The Hall–Kier alpha value is -1.55. The molecule has 1 aromatic carbocycles. The molecule has 2 aliphatic rings. The Morgan fingerprint density at radius 1 is 1.30 bits per heavy atom. The molecule has 0 atom stereocenters. The second kappa shape index (κ2) is 8.22. The highest BCUT2D eigenvalue weighted by Crippen LogP contribution is 2.33. The van der Waals surface area contributed by atoms with E-state index in [1.807, 2.05) is 0 Å². The summed E-state index contributed by atoms with van der Waals surface area (Å²) in [6, 6.07) is 4.66. The predicted molar refractivity (Wildman–Crippen MR) is 96.8 cm³/mol. The molecular formula is C18H25FN2O5S. The van der Waals surface area contributed by atoms with E-state index < -0.39 is 33.9 Å². The Morgan fingerprint density at radius 3 is 2.67 bits per heavy atom. The molecule has 27 heavy (non-hydrogen) atoms. The van der Waals surface area contributed by atoms with E-state index in [9.17, 15) is 17.6 Å². The molecule has 9 heteroatoms. The lowest BCUT2D eigenvalue weighted by Gasteiger charge is -2.38. The fourth-order valence-electron chi connectivity index (χ4n) is 3.69. The number of hydrogen-bond acceptors (Lipinski definition) is 5. The number of hydrogen-bond donors (Lipinski definition) is 2. The van der Waals surface area contributed by atoms with Gasteiger partial charge in [-0.3, -0.25) is 4.79 Å². The number of benzene rings is 1. The van der Waals surface area contributed by atoms with E-state index in [-0.39, 0.29) is 12.3 Å². The van der Waals surface area contributed by atoms with Crippen molar-refractivity contribution < 1.29 is 27.4 Å². The predicted octanol–water partition coefficient (Wildman–Crippen LogP) is 0.865. The molecule has 0 bridgehead atoms. The molecule has 2 fully saturated rings. The molecule has 2 saturated heterocycles. The number of aliphatic hydroxyl groups excluding tert-OH is 1. The van der Waals surface area contributed by atoms with Crippen LogP contribution < -0.4 is 5.32 Å². The molecule has 7 nitrogen and oxygen atoms in total. The van der Waals surface area contributed by atoms with Crippen LogP contribution in [0.25, 0.3) is 0 Å². The van der Waals surface area contributed by atoms with Gasteiger partial charge >= 0.3 is 0 Å². The van der Waals surface area contributed by atoms with Gasteiger partial charge in [-0.05, 0) is 37.3 Å². The third kappa shape index (κ3) is 4.48. The number of sulfonamides is 1. The van der Waals surface area contributed by atoms with Gasteiger partial charge in [-0.15, -0.1) is 0 Å². The first-order valence-electron chi connectivity index (χ1n) is 9.13. The molecular weight excluding hydrogens is 375 g/mol. The third-order valence-corrected chi connectivity index (χ3v) is 7.18. The number of amides is 1. The second-order valence-corrected chi connectivity index (χ2v) is 9.15. The minimum absolute atomic E-state index is 0.00750. The molecule has 0 unspecified atom stereocenters. The number of aliphatic hydroxyl groups is 1. The van der Waals surface area contributed by atoms with Gasteiger partial charge in [-0.25, -0.2) is 12.8 Å². The number of nitrogens with zero attached hydrogens (tertiary/aromatic N) is 1. The van der Waals surface area contributed by atoms with Crippen molar-refractivity contribution in [2.45, 2.75) is 37.8 Å². The molecule has 2 aliphatic heterocycles. The summed E-state index contributed by atoms with van der Waals surface area (Å²) in [5.41, 5.74) is 0.101. The minimum Gasteiger partial charge on any atom is -0.387 e. The summed E-state index contributed by atoms with van der Waals surface area (Å²) in [4.78, 5) is 11.8. The Kier molecular flexibility index (Phi) is 6.15. The zero-order valence-corrected chi connectivity index (χ0v) is 15.9. The summed E-state index contributed by atoms with van der Waals surface area (Å²) < 4.78 is 45.7. The molecule has 2 N–H and O–H groups in total. The van der Waals surface area contributed by atoms with Crippen molar-refractivity contribution in [1.29, 1.82) is 0 Å². The van der Waals surface area contributed by atoms with Crippen molar-refractivity contribution in [3.05, 3.63) is 35.1 Å². The molecule has 0 saturated carbocycles. The van der Waals surface area contributed by atoms with Crippen LogP contribution in [0.2, 0.25) is 0 Å². The first-order chi connectivity index (χ1) is 12.9. The van der Waals surface area contributed by atoms with Crippen LogP contribution in [0.5, 0.6) is 0 Å². The van der Waals surface area contributed by atoms with Crippen LogP contribution in [0.3, 0.4) is 0 Å². The summed E-state index contributed by atoms with van der Waals surface area (Å²) >= 11 is 0. The standard InChI is InChI=1S/C18H25FN2O5S/c19-16-11-15(18(20-17(23)13-22)5-8-26-9-6-18)4-3-14(16)12-21-7-1-2-10-27(21,24)25/h3-4,11,22H,1-2,5-10,12-13H2,(H,20,23). The number of carbonyl (C=O) groups excluding carboxylic acids is 1. The number of carbonyl (C=O) groups is 1. The van der Waals surface area contributed by atoms with Gasteiger partial charge in [0.25, 0.3) is 0 Å². The van der Waals surface area contributed by atoms with E-state index in [4.69, 9.17) is 9.84 Å². The van der Waals surface area contributed by atoms with E-state index in [0.29, 0.717) is 50.1 Å². The molecule has 3 rings (SSSR count). The highest BCUT2D eigenvalue weighted by molar-refractivity contribution is 7.89. The van der Waals surface area contributed by atoms with Gasteiger partial charge in [0.05, 0.1) is 11.3 Å². The highest BCUT2D eigenvalue weighted by atomic mass is 32.2. The lowest BCUT2D eigenvalue weighted by Crippen LogP contribution is -2.50. The van der Waals surface area contributed by atoms with E-state index in [2.05, 4.69) is 5.32 Å². The Labute approximate surface area is 158 Å². The van der Waals surface area contributed by atoms with Crippen LogP contribution in [-0.4, -0.2) is 55.9 Å². The maximum atomic E-state index is 14.8. The molecule has 0 radical (unpaired) electrons. The molecule has 1 amide bonds. The van der Waals surface area contributed by atoms with E-state index >= 15 is 0 Å². The number of halogens is 1. The molecule has 0 aromatic heterocycles. The van der Waals surface area contributed by atoms with Crippen molar-refractivity contribution in [1.82, 2.24) is 9.62 Å². The fourth-order valence-corrected chi connectivity index (χ4v) is 5.26. The lowest BCUT2D eigenvalue weighted by molar-refractivity contribution is -0.127. The monoisotopic (exact) mass is 400 g/mol. The van der Waals surface area contributed by atoms with Crippen LogP contribution in [0.1, 0.15) is 36.8 Å². The van der Waals surface area contributed by atoms with Crippen molar-refractivity contribution in [3.8, 4) is 0 Å². The lowest BCUT2D eigenvalue weighted by atomic mass is 9.82. The zero-order valence-electron chi connectivity index (χ0n) is 15.1. The van der Waals surface area contributed by atoms with Crippen LogP contribution in [0, 0.1) is 5.82 Å². The maximum Gasteiger partial charge on any atom is 0.246 e. The molecule has 1 aromatic rings. The van der Waals surface area contributed by atoms with E-state index in [0.717, 1.165) is 6.42 Å². The van der Waals surface area contributed by atoms with Gasteiger partial charge in [-0.1, -0.05) is 12.1 Å². The van der Waals surface area contributed by atoms with Gasteiger partial charge in [0.15, 0.2) is 0 Å². The maximum absolute atomic E-state index is 14.8. The number of ether oxygens (including phenoxy) is 1. The van der Waals surface area contributed by atoms with Gasteiger partial charge in [0.1, 0.15) is 12.4 Å². The van der Waals surface area contributed by atoms with Crippen molar-refractivity contribution in [2.24, 2.45) is 0 Å². The van der Waals surface area contributed by atoms with Crippen molar-refractivity contribution >= 4 is 15.9 Å². The Balaban J connectivity index is 1.85. The first kappa shape index (κ1) is 20.2. The van der Waals surface area contributed by atoms with Crippen LogP contribution in [0.4, 0.5) is 4.39 Å². The van der Waals surface area contributed by atoms with E-state index in [1.54, 1.807) is 12.1 Å². The normalized spacial score (nSPS) is 22.3. The summed E-state index contributed by atoms with van der Waals surface area (Å²) in [7, 11) is -3.34. The Bertz CT molecular complexity index is 793. The average molecular weight is 400 g/mol. The van der Waals surface area contributed by atoms with E-state index in [1.165, 1.54) is 10.4 Å². The SMILES string of the molecule is O=C(CO)NC1(c2ccc(CN3CCCCS3(=O)=O)c(F)c2)CCOCC1. The number of rotatable bonds is 5. The highest BCUT2D eigenvalue weighted by Gasteiger charge is 2.36. The van der Waals surface area contributed by atoms with Crippen LogP contribution in [-0.2, 0) is 31.6 Å². The van der Waals surface area contributed by atoms with Gasteiger partial charge in [0, 0.05) is 31.9 Å². The smallest absolute Gasteiger partial charge is 0.246 e. The molecule has 0 spiro atoms. The molecule has 150 valence electrons. The first-order valence-corrected chi connectivity index (χ1v) is 10.7. The Morgan fingerprint density at radius 2 is 2.04 bits per heavy atom. The van der Waals surface area contributed by atoms with Gasteiger partial charge in [0.2, 0.25) is 15.9 Å². The minimum atomic E-state index is -3.34. The topological polar surface area (TPSA) is 95.9 Å².